The van der Waals surface area contributed by atoms with E-state index in [4.69, 9.17) is 0 Å². The largest absolute Gasteiger partial charge is 0.314 e. The van der Waals surface area contributed by atoms with E-state index in [2.05, 4.69) is 43.4 Å². The average molecular weight is 259 g/mol. The van der Waals surface area contributed by atoms with Crippen molar-refractivity contribution in [3.8, 4) is 0 Å². The van der Waals surface area contributed by atoms with Gasteiger partial charge in [-0.15, -0.1) is 0 Å². The minimum Gasteiger partial charge on any atom is -0.314 e. The Morgan fingerprint density at radius 2 is 2.05 bits per heavy atom. The van der Waals surface area contributed by atoms with Gasteiger partial charge >= 0.3 is 0 Å². The van der Waals surface area contributed by atoms with E-state index in [9.17, 15) is 0 Å². The molecule has 19 heavy (non-hydrogen) atoms. The first-order valence-electron chi connectivity index (χ1n) is 8.03. The third-order valence-corrected chi connectivity index (χ3v) is 4.47. The van der Waals surface area contributed by atoms with Gasteiger partial charge in [-0.05, 0) is 51.1 Å². The summed E-state index contributed by atoms with van der Waals surface area (Å²) in [6, 6.07) is 9.54. The molecule has 1 N–H and O–H groups in total. The Hall–Kier alpha value is -0.820. The molecule has 1 aromatic rings. The number of aryl methyl sites for hydroxylation is 2. The van der Waals surface area contributed by atoms with E-state index >= 15 is 0 Å². The van der Waals surface area contributed by atoms with E-state index in [-0.39, 0.29) is 0 Å². The average Bonchev–Trinajstić information content (AvgIpc) is 2.90. The fraction of sp³-hybridized carbons (Fsp3) is 0.667. The normalized spacial score (nSPS) is 17.8. The lowest BCUT2D eigenvalue weighted by molar-refractivity contribution is 0.439. The Labute approximate surface area is 118 Å². The zero-order valence-electron chi connectivity index (χ0n) is 12.6. The van der Waals surface area contributed by atoms with E-state index < -0.39 is 0 Å². The monoisotopic (exact) mass is 259 g/mol. The molecule has 1 aromatic carbocycles. The Morgan fingerprint density at radius 3 is 2.79 bits per heavy atom. The Bertz CT molecular complexity index is 366. The van der Waals surface area contributed by atoms with Crippen LogP contribution in [0.5, 0.6) is 0 Å². The summed E-state index contributed by atoms with van der Waals surface area (Å²) in [5.74, 6) is 1.01. The van der Waals surface area contributed by atoms with Gasteiger partial charge in [0.1, 0.15) is 0 Å². The second kappa shape index (κ2) is 7.69. The van der Waals surface area contributed by atoms with Gasteiger partial charge in [0.2, 0.25) is 0 Å². The minimum absolute atomic E-state index is 0.641. The highest BCUT2D eigenvalue weighted by molar-refractivity contribution is 5.22. The Morgan fingerprint density at radius 1 is 1.26 bits per heavy atom. The molecule has 1 fully saturated rings. The molecule has 0 spiro atoms. The molecule has 1 atom stereocenters. The summed E-state index contributed by atoms with van der Waals surface area (Å²) in [5, 5.41) is 3.69. The molecule has 106 valence electrons. The third kappa shape index (κ3) is 5.36. The van der Waals surface area contributed by atoms with Crippen LogP contribution < -0.4 is 5.32 Å². The van der Waals surface area contributed by atoms with Gasteiger partial charge in [-0.25, -0.2) is 0 Å². The zero-order valence-corrected chi connectivity index (χ0v) is 12.6. The fourth-order valence-corrected chi connectivity index (χ4v) is 3.19. The molecule has 1 aliphatic carbocycles. The van der Waals surface area contributed by atoms with Gasteiger partial charge in [-0.1, -0.05) is 55.5 Å². The third-order valence-electron chi connectivity index (χ3n) is 4.47. The van der Waals surface area contributed by atoms with E-state index in [1.807, 2.05) is 0 Å². The number of hydrogen-bond acceptors (Lipinski definition) is 1. The smallest absolute Gasteiger partial charge is 0.00418 e. The summed E-state index contributed by atoms with van der Waals surface area (Å²) in [4.78, 5) is 0. The van der Waals surface area contributed by atoms with E-state index in [1.165, 1.54) is 62.6 Å². The molecule has 1 nitrogen and oxygen atoms in total. The highest BCUT2D eigenvalue weighted by Crippen LogP contribution is 2.26. The summed E-state index contributed by atoms with van der Waals surface area (Å²) in [7, 11) is 0. The second-order valence-corrected chi connectivity index (χ2v) is 6.32. The molecule has 0 saturated heterocycles. The Balaban J connectivity index is 1.60. The van der Waals surface area contributed by atoms with Crippen molar-refractivity contribution in [3.63, 3.8) is 0 Å². The molecular weight excluding hydrogens is 230 g/mol. The van der Waals surface area contributed by atoms with Crippen LogP contribution in [0.3, 0.4) is 0 Å². The first kappa shape index (κ1) is 14.6. The lowest BCUT2D eigenvalue weighted by Gasteiger charge is -2.16. The molecule has 1 saturated carbocycles. The molecule has 1 aliphatic rings. The lowest BCUT2D eigenvalue weighted by Crippen LogP contribution is -2.28. The van der Waals surface area contributed by atoms with Gasteiger partial charge in [0.25, 0.3) is 0 Å². The summed E-state index contributed by atoms with van der Waals surface area (Å²) >= 11 is 0. The van der Waals surface area contributed by atoms with Crippen molar-refractivity contribution in [1.82, 2.24) is 5.32 Å². The minimum atomic E-state index is 0.641. The molecule has 0 aromatic heterocycles. The van der Waals surface area contributed by atoms with E-state index in [0.29, 0.717) is 6.04 Å². The van der Waals surface area contributed by atoms with Crippen molar-refractivity contribution in [2.75, 3.05) is 6.54 Å². The van der Waals surface area contributed by atoms with Crippen molar-refractivity contribution in [2.24, 2.45) is 5.92 Å². The maximum atomic E-state index is 3.69. The maximum Gasteiger partial charge on any atom is 0.00418 e. The van der Waals surface area contributed by atoms with Crippen molar-refractivity contribution in [1.29, 1.82) is 0 Å². The van der Waals surface area contributed by atoms with Crippen molar-refractivity contribution < 1.29 is 0 Å². The van der Waals surface area contributed by atoms with Crippen molar-refractivity contribution >= 4 is 0 Å². The number of hydrogen-bond donors (Lipinski definition) is 1. The van der Waals surface area contributed by atoms with Gasteiger partial charge in [0.05, 0.1) is 0 Å². The van der Waals surface area contributed by atoms with Crippen LogP contribution in [0.15, 0.2) is 24.3 Å². The molecule has 0 aliphatic heterocycles. The molecular formula is C18H29N. The highest BCUT2D eigenvalue weighted by atomic mass is 14.9. The van der Waals surface area contributed by atoms with Crippen LogP contribution in [0.2, 0.25) is 0 Å². The van der Waals surface area contributed by atoms with Crippen LogP contribution in [-0.2, 0) is 6.42 Å². The van der Waals surface area contributed by atoms with Crippen LogP contribution in [0, 0.1) is 12.8 Å². The Kier molecular flexibility index (Phi) is 5.91. The standard InChI is InChI=1S/C18H29N/c1-15-6-5-9-18(14-15)11-10-16(2)19-13-12-17-7-3-4-8-17/h5-6,9,14,16-17,19H,3-4,7-8,10-13H2,1-2H3. The molecule has 0 heterocycles. The molecule has 0 bridgehead atoms. The lowest BCUT2D eigenvalue weighted by atomic mass is 10.0. The molecule has 0 radical (unpaired) electrons. The quantitative estimate of drug-likeness (QED) is 0.761. The van der Waals surface area contributed by atoms with Gasteiger partial charge in [0.15, 0.2) is 0 Å². The van der Waals surface area contributed by atoms with Crippen molar-refractivity contribution in [3.05, 3.63) is 35.4 Å². The predicted octanol–water partition coefficient (Wildman–Crippen LogP) is 4.49. The highest BCUT2D eigenvalue weighted by Gasteiger charge is 2.14. The van der Waals surface area contributed by atoms with Crippen LogP contribution in [-0.4, -0.2) is 12.6 Å². The first-order chi connectivity index (χ1) is 9.24. The van der Waals surface area contributed by atoms with Crippen LogP contribution in [0.25, 0.3) is 0 Å². The first-order valence-corrected chi connectivity index (χ1v) is 8.03. The van der Waals surface area contributed by atoms with E-state index in [1.54, 1.807) is 0 Å². The second-order valence-electron chi connectivity index (χ2n) is 6.32. The number of nitrogens with one attached hydrogen (secondary N) is 1. The fourth-order valence-electron chi connectivity index (χ4n) is 3.19. The summed E-state index contributed by atoms with van der Waals surface area (Å²) in [6.45, 7) is 5.71. The van der Waals surface area contributed by atoms with Crippen LogP contribution in [0.4, 0.5) is 0 Å². The summed E-state index contributed by atoms with van der Waals surface area (Å²) in [6.07, 6.45) is 9.70. The molecule has 1 unspecified atom stereocenters. The van der Waals surface area contributed by atoms with Gasteiger partial charge in [-0.2, -0.15) is 0 Å². The zero-order chi connectivity index (χ0) is 13.5. The topological polar surface area (TPSA) is 12.0 Å². The molecule has 1 heteroatoms. The van der Waals surface area contributed by atoms with Gasteiger partial charge < -0.3 is 5.32 Å². The van der Waals surface area contributed by atoms with Crippen LogP contribution >= 0.6 is 0 Å². The van der Waals surface area contributed by atoms with Crippen LogP contribution in [0.1, 0.15) is 56.6 Å². The SMILES string of the molecule is Cc1cccc(CCC(C)NCCC2CCCC2)c1. The number of benzene rings is 1. The van der Waals surface area contributed by atoms with E-state index in [0.717, 1.165) is 5.92 Å². The predicted molar refractivity (Wildman–Crippen MR) is 83.5 cm³/mol. The molecule has 2 rings (SSSR count). The van der Waals surface area contributed by atoms with Gasteiger partial charge in [0, 0.05) is 6.04 Å². The number of rotatable bonds is 7. The summed E-state index contributed by atoms with van der Waals surface area (Å²) in [5.41, 5.74) is 2.85. The summed E-state index contributed by atoms with van der Waals surface area (Å²) < 4.78 is 0. The maximum absolute atomic E-state index is 3.69. The van der Waals surface area contributed by atoms with Crippen molar-refractivity contribution in [2.45, 2.75) is 64.8 Å². The molecule has 0 amide bonds. The van der Waals surface area contributed by atoms with Gasteiger partial charge in [-0.3, -0.25) is 0 Å².